The van der Waals surface area contributed by atoms with E-state index in [1.165, 1.54) is 0 Å². The Bertz CT molecular complexity index is 748. The molecule has 0 radical (unpaired) electrons. The van der Waals surface area contributed by atoms with Crippen LogP contribution >= 0.6 is 0 Å². The van der Waals surface area contributed by atoms with E-state index in [1.54, 1.807) is 11.9 Å². The van der Waals surface area contributed by atoms with E-state index in [0.29, 0.717) is 25.1 Å². The first kappa shape index (κ1) is 20.6. The van der Waals surface area contributed by atoms with Gasteiger partial charge in [0.2, 0.25) is 5.91 Å². The fourth-order valence-corrected chi connectivity index (χ4v) is 4.17. The number of halogens is 3. The van der Waals surface area contributed by atoms with Crippen molar-refractivity contribution in [3.05, 3.63) is 23.9 Å². The highest BCUT2D eigenvalue weighted by Crippen LogP contribution is 2.30. The van der Waals surface area contributed by atoms with Crippen molar-refractivity contribution < 1.29 is 26.4 Å². The normalized spacial score (nSPS) is 19.6. The van der Waals surface area contributed by atoms with Gasteiger partial charge in [-0.2, -0.15) is 17.5 Å². The number of carbonyl (C=O) groups is 1. The van der Waals surface area contributed by atoms with Crippen LogP contribution in [0.15, 0.2) is 23.4 Å². The van der Waals surface area contributed by atoms with Crippen LogP contribution in [0.2, 0.25) is 0 Å². The van der Waals surface area contributed by atoms with Gasteiger partial charge in [0, 0.05) is 32.4 Å². The third-order valence-corrected chi connectivity index (χ3v) is 6.31. The summed E-state index contributed by atoms with van der Waals surface area (Å²) >= 11 is 0. The average molecular weight is 393 g/mol. The summed E-state index contributed by atoms with van der Waals surface area (Å²) in [7, 11) is -2.39. The largest absolute Gasteiger partial charge is 0.417 e. The lowest BCUT2D eigenvalue weighted by atomic mass is 9.98. The lowest BCUT2D eigenvalue weighted by molar-refractivity contribution is -0.138. The molecule has 1 aliphatic heterocycles. The third-order valence-electron chi connectivity index (χ3n) is 4.52. The van der Waals surface area contributed by atoms with Crippen molar-refractivity contribution in [2.75, 3.05) is 20.1 Å². The minimum Gasteiger partial charge on any atom is -0.343 e. The van der Waals surface area contributed by atoms with Gasteiger partial charge in [-0.3, -0.25) is 4.79 Å². The lowest BCUT2D eigenvalue weighted by Crippen LogP contribution is -2.47. The van der Waals surface area contributed by atoms with Gasteiger partial charge in [-0.05, 0) is 38.8 Å². The highest BCUT2D eigenvalue weighted by molar-refractivity contribution is 7.89. The van der Waals surface area contributed by atoms with E-state index in [4.69, 9.17) is 0 Å². The van der Waals surface area contributed by atoms with Gasteiger partial charge < -0.3 is 4.90 Å². The molecule has 0 N–H and O–H groups in total. The maximum absolute atomic E-state index is 12.7. The van der Waals surface area contributed by atoms with Crippen LogP contribution in [-0.2, 0) is 21.0 Å². The molecule has 2 heterocycles. The van der Waals surface area contributed by atoms with Gasteiger partial charge in [0.15, 0.2) is 5.03 Å². The van der Waals surface area contributed by atoms with Gasteiger partial charge in [-0.15, -0.1) is 0 Å². The number of pyridine rings is 1. The Hall–Kier alpha value is -1.68. The molecule has 1 atom stereocenters. The van der Waals surface area contributed by atoms with Gasteiger partial charge >= 0.3 is 6.18 Å². The van der Waals surface area contributed by atoms with Crippen LogP contribution in [0.25, 0.3) is 0 Å². The van der Waals surface area contributed by atoms with E-state index in [2.05, 4.69) is 4.98 Å². The van der Waals surface area contributed by atoms with E-state index < -0.39 is 32.7 Å². The molecular weight excluding hydrogens is 371 g/mol. The van der Waals surface area contributed by atoms with Gasteiger partial charge in [-0.25, -0.2) is 13.4 Å². The van der Waals surface area contributed by atoms with Gasteiger partial charge in [0.05, 0.1) is 11.5 Å². The van der Waals surface area contributed by atoms with E-state index in [0.717, 1.165) is 10.4 Å². The van der Waals surface area contributed by atoms with Crippen LogP contribution in [0.3, 0.4) is 0 Å². The Balaban J connectivity index is 2.19. The molecule has 1 unspecified atom stereocenters. The fraction of sp³-hybridized carbons (Fsp3) is 0.625. The predicted octanol–water partition coefficient (Wildman–Crippen LogP) is 2.37. The summed E-state index contributed by atoms with van der Waals surface area (Å²) in [4.78, 5) is 17.5. The van der Waals surface area contributed by atoms with Crippen LogP contribution in [0, 0.1) is 5.92 Å². The molecule has 2 rings (SSSR count). The number of hydrogen-bond donors (Lipinski definition) is 0. The van der Waals surface area contributed by atoms with Gasteiger partial charge in [0.1, 0.15) is 0 Å². The summed E-state index contributed by atoms with van der Waals surface area (Å²) in [5.74, 6) is -0.611. The number of alkyl halides is 3. The average Bonchev–Trinajstić information content (AvgIpc) is 2.59. The molecule has 1 amide bonds. The van der Waals surface area contributed by atoms with E-state index in [-0.39, 0.29) is 25.0 Å². The third kappa shape index (κ3) is 4.35. The SMILES string of the molecule is CC(C)N(C)C(=O)C1CCCN(S(=O)(=O)c2ccc(C(F)(F)F)cn2)C1. The predicted molar refractivity (Wildman–Crippen MR) is 88.6 cm³/mol. The molecule has 10 heteroatoms. The molecule has 1 fully saturated rings. The van der Waals surface area contributed by atoms with E-state index in [1.807, 2.05) is 13.8 Å². The number of rotatable bonds is 4. The highest BCUT2D eigenvalue weighted by Gasteiger charge is 2.36. The second kappa shape index (κ2) is 7.51. The van der Waals surface area contributed by atoms with E-state index >= 15 is 0 Å². The molecule has 1 saturated heterocycles. The topological polar surface area (TPSA) is 70.6 Å². The fourth-order valence-electron chi connectivity index (χ4n) is 2.74. The highest BCUT2D eigenvalue weighted by atomic mass is 32.2. The zero-order valence-electron chi connectivity index (χ0n) is 14.8. The lowest BCUT2D eigenvalue weighted by Gasteiger charge is -2.34. The quantitative estimate of drug-likeness (QED) is 0.788. The number of carbonyl (C=O) groups excluding carboxylic acids is 1. The van der Waals surface area contributed by atoms with Crippen LogP contribution < -0.4 is 0 Å². The monoisotopic (exact) mass is 393 g/mol. The van der Waals surface area contributed by atoms with Crippen molar-refractivity contribution in [2.45, 2.75) is 43.9 Å². The molecule has 1 aliphatic rings. The first-order valence-corrected chi connectivity index (χ1v) is 9.68. The van der Waals surface area contributed by atoms with Crippen LogP contribution in [0.4, 0.5) is 13.2 Å². The number of hydrogen-bond acceptors (Lipinski definition) is 4. The number of nitrogens with zero attached hydrogens (tertiary/aromatic N) is 3. The standard InChI is InChI=1S/C16H22F3N3O3S/c1-11(2)21(3)15(23)12-5-4-8-22(10-12)26(24,25)14-7-6-13(9-20-14)16(17,18)19/h6-7,9,11-12H,4-5,8,10H2,1-3H3. The molecule has 0 saturated carbocycles. The van der Waals surface area contributed by atoms with Crippen molar-refractivity contribution in [1.29, 1.82) is 0 Å². The molecule has 0 aliphatic carbocycles. The second-order valence-corrected chi connectivity index (χ2v) is 8.51. The first-order valence-electron chi connectivity index (χ1n) is 8.24. The molecule has 1 aromatic rings. The summed E-state index contributed by atoms with van der Waals surface area (Å²) in [6, 6.07) is 1.54. The molecule has 0 aromatic carbocycles. The Morgan fingerprint density at radius 3 is 2.50 bits per heavy atom. The van der Waals surface area contributed by atoms with Crippen LogP contribution in [0.1, 0.15) is 32.3 Å². The summed E-state index contributed by atoms with van der Waals surface area (Å²) in [5, 5.41) is -0.448. The van der Waals surface area contributed by atoms with Gasteiger partial charge in [-0.1, -0.05) is 0 Å². The zero-order chi connectivity index (χ0) is 19.7. The molecule has 1 aromatic heterocycles. The van der Waals surface area contributed by atoms with Crippen molar-refractivity contribution in [3.63, 3.8) is 0 Å². The molecule has 0 bridgehead atoms. The van der Waals surface area contributed by atoms with Crippen LogP contribution in [0.5, 0.6) is 0 Å². The minimum absolute atomic E-state index is 0.000922. The summed E-state index contributed by atoms with van der Waals surface area (Å²) in [6.07, 6.45) is -3.00. The summed E-state index contributed by atoms with van der Waals surface area (Å²) in [5.41, 5.74) is -1.01. The van der Waals surface area contributed by atoms with E-state index in [9.17, 15) is 26.4 Å². The smallest absolute Gasteiger partial charge is 0.343 e. The Morgan fingerprint density at radius 2 is 2.00 bits per heavy atom. The maximum Gasteiger partial charge on any atom is 0.417 e. The van der Waals surface area contributed by atoms with Crippen LogP contribution in [-0.4, -0.2) is 54.7 Å². The number of piperidine rings is 1. The second-order valence-electron chi connectivity index (χ2n) is 6.63. The molecule has 26 heavy (non-hydrogen) atoms. The number of sulfonamides is 1. The Kier molecular flexibility index (Phi) is 5.96. The van der Waals surface area contributed by atoms with Crippen molar-refractivity contribution in [3.8, 4) is 0 Å². The van der Waals surface area contributed by atoms with Crippen molar-refractivity contribution in [1.82, 2.24) is 14.2 Å². The molecule has 146 valence electrons. The van der Waals surface area contributed by atoms with Crippen molar-refractivity contribution >= 4 is 15.9 Å². The Labute approximate surface area is 151 Å². The summed E-state index contributed by atoms with van der Waals surface area (Å²) < 4.78 is 64.3. The minimum atomic E-state index is -4.58. The zero-order valence-corrected chi connectivity index (χ0v) is 15.6. The van der Waals surface area contributed by atoms with Crippen molar-refractivity contribution in [2.24, 2.45) is 5.92 Å². The molecular formula is C16H22F3N3O3S. The molecule has 6 nitrogen and oxygen atoms in total. The maximum atomic E-state index is 12.7. The number of aromatic nitrogens is 1. The first-order chi connectivity index (χ1) is 11.9. The molecule has 0 spiro atoms. The number of amides is 1. The Morgan fingerprint density at radius 1 is 1.35 bits per heavy atom. The summed E-state index contributed by atoms with van der Waals surface area (Å²) in [6.45, 7) is 3.93. The van der Waals surface area contributed by atoms with Gasteiger partial charge in [0.25, 0.3) is 10.0 Å².